The average molecular weight is 499 g/mol. The van der Waals surface area contributed by atoms with Crippen LogP contribution >= 0.6 is 24.0 Å². The zero-order valence-electron chi connectivity index (χ0n) is 17.4. The largest absolute Gasteiger partial charge is 0.496 e. The van der Waals surface area contributed by atoms with Crippen LogP contribution < -0.4 is 24.8 Å². The number of hydrogen-bond donors (Lipinski definition) is 2. The molecule has 0 spiro atoms. The summed E-state index contributed by atoms with van der Waals surface area (Å²) in [5.74, 6) is 2.78. The van der Waals surface area contributed by atoms with Crippen LogP contribution in [0.2, 0.25) is 0 Å². The van der Waals surface area contributed by atoms with E-state index in [2.05, 4.69) is 47.7 Å². The lowest BCUT2D eigenvalue weighted by molar-refractivity contribution is 0.368. The molecule has 2 rings (SSSR count). The minimum atomic E-state index is 0. The average Bonchev–Trinajstić information content (AvgIpc) is 2.68. The van der Waals surface area contributed by atoms with Crippen molar-refractivity contribution in [1.82, 2.24) is 10.6 Å². The molecule has 28 heavy (non-hydrogen) atoms. The molecule has 154 valence electrons. The van der Waals surface area contributed by atoms with Crippen LogP contribution in [0.25, 0.3) is 0 Å². The van der Waals surface area contributed by atoms with Crippen LogP contribution in [-0.4, -0.2) is 34.3 Å². The van der Waals surface area contributed by atoms with Gasteiger partial charge in [-0.15, -0.1) is 24.0 Å². The third-order valence-corrected chi connectivity index (χ3v) is 4.42. The normalized spacial score (nSPS) is 10.7. The molecule has 2 aromatic carbocycles. The molecule has 0 radical (unpaired) electrons. The van der Waals surface area contributed by atoms with E-state index in [1.54, 1.807) is 28.4 Å². The standard InChI is InChI=1S/C21H29N3O3.HI/c1-14-7-8-16(15(2)9-14)12-23-21(22-3)24-13-18-19(26-5)10-17(25-4)11-20(18)27-6;/h7-11H,12-13H2,1-6H3,(H2,22,23,24);1H. The predicted octanol–water partition coefficient (Wildman–Crippen LogP) is 3.81. The van der Waals surface area contributed by atoms with Crippen molar-refractivity contribution in [2.45, 2.75) is 26.9 Å². The van der Waals surface area contributed by atoms with Crippen LogP contribution in [0.1, 0.15) is 22.3 Å². The van der Waals surface area contributed by atoms with Crippen molar-refractivity contribution >= 4 is 29.9 Å². The topological polar surface area (TPSA) is 64.1 Å². The van der Waals surface area contributed by atoms with Crippen molar-refractivity contribution in [2.75, 3.05) is 28.4 Å². The van der Waals surface area contributed by atoms with Crippen molar-refractivity contribution in [3.8, 4) is 17.2 Å². The van der Waals surface area contributed by atoms with Gasteiger partial charge in [0.2, 0.25) is 0 Å². The Bertz CT molecular complexity index is 784. The molecule has 0 heterocycles. The summed E-state index contributed by atoms with van der Waals surface area (Å²) >= 11 is 0. The summed E-state index contributed by atoms with van der Waals surface area (Å²) in [6.45, 7) is 5.42. The number of ether oxygens (including phenoxy) is 3. The first kappa shape index (κ1) is 23.9. The summed E-state index contributed by atoms with van der Waals surface area (Å²) in [4.78, 5) is 4.30. The summed E-state index contributed by atoms with van der Waals surface area (Å²) < 4.78 is 16.3. The minimum absolute atomic E-state index is 0. The number of aliphatic imine (C=N–C) groups is 1. The summed E-state index contributed by atoms with van der Waals surface area (Å²) in [5.41, 5.74) is 4.66. The Morgan fingerprint density at radius 3 is 2.00 bits per heavy atom. The molecule has 0 aliphatic heterocycles. The number of aryl methyl sites for hydroxylation is 2. The van der Waals surface area contributed by atoms with Gasteiger partial charge < -0.3 is 24.8 Å². The van der Waals surface area contributed by atoms with E-state index in [0.29, 0.717) is 36.3 Å². The molecule has 0 bridgehead atoms. The Morgan fingerprint density at radius 2 is 1.50 bits per heavy atom. The maximum absolute atomic E-state index is 5.49. The highest BCUT2D eigenvalue weighted by Crippen LogP contribution is 2.33. The molecular weight excluding hydrogens is 469 g/mol. The highest BCUT2D eigenvalue weighted by Gasteiger charge is 2.14. The van der Waals surface area contributed by atoms with Gasteiger partial charge in [-0.3, -0.25) is 4.99 Å². The summed E-state index contributed by atoms with van der Waals surface area (Å²) in [7, 11) is 6.63. The predicted molar refractivity (Wildman–Crippen MR) is 124 cm³/mol. The van der Waals surface area contributed by atoms with Crippen LogP contribution in [0.15, 0.2) is 35.3 Å². The smallest absolute Gasteiger partial charge is 0.191 e. The Hall–Kier alpha value is -2.16. The Balaban J connectivity index is 0.00000392. The Morgan fingerprint density at radius 1 is 0.893 bits per heavy atom. The summed E-state index contributed by atoms with van der Waals surface area (Å²) in [5, 5.41) is 6.66. The van der Waals surface area contributed by atoms with E-state index in [-0.39, 0.29) is 24.0 Å². The van der Waals surface area contributed by atoms with E-state index in [1.165, 1.54) is 16.7 Å². The lowest BCUT2D eigenvalue weighted by atomic mass is 10.1. The van der Waals surface area contributed by atoms with Gasteiger partial charge in [-0.25, -0.2) is 0 Å². The zero-order chi connectivity index (χ0) is 19.8. The van der Waals surface area contributed by atoms with E-state index in [0.717, 1.165) is 5.56 Å². The molecule has 2 N–H and O–H groups in total. The number of benzene rings is 2. The van der Waals surface area contributed by atoms with Crippen molar-refractivity contribution in [3.05, 3.63) is 52.6 Å². The number of guanidine groups is 1. The van der Waals surface area contributed by atoms with Crippen LogP contribution in [0.3, 0.4) is 0 Å². The SMILES string of the molecule is CN=C(NCc1ccc(C)cc1C)NCc1c(OC)cc(OC)cc1OC.I. The Kier molecular flexibility index (Phi) is 9.92. The van der Waals surface area contributed by atoms with Gasteiger partial charge in [0.05, 0.1) is 33.4 Å². The van der Waals surface area contributed by atoms with Gasteiger partial charge in [-0.1, -0.05) is 23.8 Å². The Labute approximate surface area is 184 Å². The van der Waals surface area contributed by atoms with Crippen LogP contribution in [0.5, 0.6) is 17.2 Å². The van der Waals surface area contributed by atoms with E-state index < -0.39 is 0 Å². The second-order valence-corrected chi connectivity index (χ2v) is 6.22. The number of nitrogens with one attached hydrogen (secondary N) is 2. The maximum Gasteiger partial charge on any atom is 0.191 e. The van der Waals surface area contributed by atoms with E-state index in [1.807, 2.05) is 12.1 Å². The van der Waals surface area contributed by atoms with E-state index >= 15 is 0 Å². The van der Waals surface area contributed by atoms with Gasteiger partial charge in [-0.05, 0) is 25.0 Å². The first-order chi connectivity index (χ1) is 13.0. The van der Waals surface area contributed by atoms with Crippen molar-refractivity contribution in [2.24, 2.45) is 4.99 Å². The van der Waals surface area contributed by atoms with E-state index in [4.69, 9.17) is 14.2 Å². The quantitative estimate of drug-likeness (QED) is 0.345. The van der Waals surface area contributed by atoms with Crippen LogP contribution in [0, 0.1) is 13.8 Å². The van der Waals surface area contributed by atoms with Gasteiger partial charge in [0.15, 0.2) is 5.96 Å². The molecule has 0 unspecified atom stereocenters. The van der Waals surface area contributed by atoms with Gasteiger partial charge in [0.1, 0.15) is 17.2 Å². The molecule has 7 heteroatoms. The van der Waals surface area contributed by atoms with Crippen molar-refractivity contribution < 1.29 is 14.2 Å². The number of hydrogen-bond acceptors (Lipinski definition) is 4. The second-order valence-electron chi connectivity index (χ2n) is 6.22. The van der Waals surface area contributed by atoms with Crippen molar-refractivity contribution in [1.29, 1.82) is 0 Å². The molecule has 0 atom stereocenters. The minimum Gasteiger partial charge on any atom is -0.496 e. The maximum atomic E-state index is 5.49. The van der Waals surface area contributed by atoms with Gasteiger partial charge in [0.25, 0.3) is 0 Å². The fraction of sp³-hybridized carbons (Fsp3) is 0.381. The monoisotopic (exact) mass is 499 g/mol. The molecule has 0 aliphatic carbocycles. The van der Waals surface area contributed by atoms with Gasteiger partial charge in [0, 0.05) is 25.7 Å². The fourth-order valence-electron chi connectivity index (χ4n) is 2.87. The highest BCUT2D eigenvalue weighted by atomic mass is 127. The molecule has 2 aromatic rings. The number of methoxy groups -OCH3 is 3. The molecule has 6 nitrogen and oxygen atoms in total. The molecule has 0 aliphatic rings. The second kappa shape index (κ2) is 11.6. The molecule has 0 aromatic heterocycles. The number of nitrogens with zero attached hydrogens (tertiary/aromatic N) is 1. The highest BCUT2D eigenvalue weighted by molar-refractivity contribution is 14.0. The lowest BCUT2D eigenvalue weighted by Gasteiger charge is -2.17. The van der Waals surface area contributed by atoms with Gasteiger partial charge in [-0.2, -0.15) is 0 Å². The number of halogens is 1. The summed E-state index contributed by atoms with van der Waals surface area (Å²) in [6.07, 6.45) is 0. The molecule has 0 fully saturated rings. The third-order valence-electron chi connectivity index (χ3n) is 4.42. The van der Waals surface area contributed by atoms with Crippen LogP contribution in [-0.2, 0) is 13.1 Å². The first-order valence-corrected chi connectivity index (χ1v) is 8.81. The summed E-state index contributed by atoms with van der Waals surface area (Å²) in [6, 6.07) is 10.1. The fourth-order valence-corrected chi connectivity index (χ4v) is 2.87. The molecule has 0 saturated carbocycles. The molecule has 0 saturated heterocycles. The lowest BCUT2D eigenvalue weighted by Crippen LogP contribution is -2.36. The molecular formula is C21H30IN3O3. The van der Waals surface area contributed by atoms with E-state index in [9.17, 15) is 0 Å². The third kappa shape index (κ3) is 6.19. The van der Waals surface area contributed by atoms with Crippen LogP contribution in [0.4, 0.5) is 0 Å². The van der Waals surface area contributed by atoms with Gasteiger partial charge >= 0.3 is 0 Å². The molecule has 0 amide bonds. The first-order valence-electron chi connectivity index (χ1n) is 8.81. The van der Waals surface area contributed by atoms with Crippen molar-refractivity contribution in [3.63, 3.8) is 0 Å². The zero-order valence-corrected chi connectivity index (χ0v) is 19.7. The number of rotatable bonds is 7.